The van der Waals surface area contributed by atoms with Gasteiger partial charge in [0.1, 0.15) is 5.54 Å². The highest BCUT2D eigenvalue weighted by Gasteiger charge is 2.45. The van der Waals surface area contributed by atoms with Crippen LogP contribution in [0.15, 0.2) is 24.3 Å². The van der Waals surface area contributed by atoms with Crippen molar-refractivity contribution >= 4 is 22.8 Å². The molecule has 1 aliphatic rings. The van der Waals surface area contributed by atoms with Gasteiger partial charge in [0.15, 0.2) is 0 Å². The third kappa shape index (κ3) is 1.68. The Hall–Kier alpha value is -2.37. The summed E-state index contributed by atoms with van der Waals surface area (Å²) in [7, 11) is 1.87. The molecule has 6 nitrogen and oxygen atoms in total. The number of rotatable bonds is 2. The van der Waals surface area contributed by atoms with E-state index in [-0.39, 0.29) is 11.9 Å². The third-order valence-electron chi connectivity index (χ3n) is 3.84. The number of fused-ring (bicyclic) bond motifs is 1. The van der Waals surface area contributed by atoms with E-state index < -0.39 is 5.54 Å². The number of benzene rings is 1. The van der Waals surface area contributed by atoms with Crippen molar-refractivity contribution in [2.75, 3.05) is 0 Å². The molecule has 0 radical (unpaired) electrons. The average Bonchev–Trinajstić information content (AvgIpc) is 2.81. The van der Waals surface area contributed by atoms with Gasteiger partial charge in [0, 0.05) is 12.4 Å². The lowest BCUT2D eigenvalue weighted by atomic mass is 10.0. The molecule has 0 unspecified atom stereocenters. The second-order valence-electron chi connectivity index (χ2n) is 5.49. The zero-order valence-corrected chi connectivity index (χ0v) is 11.7. The van der Waals surface area contributed by atoms with E-state index in [1.807, 2.05) is 31.3 Å². The van der Waals surface area contributed by atoms with E-state index in [2.05, 4.69) is 10.4 Å². The number of nitrogens with one attached hydrogen (secondary N) is 1. The molecular formula is C14H16N4O2. The monoisotopic (exact) mass is 272 g/mol. The number of carbonyl (C=O) groups is 2. The number of hydrogen-bond acceptors (Lipinski definition) is 3. The fourth-order valence-corrected chi connectivity index (χ4v) is 2.52. The van der Waals surface area contributed by atoms with Crippen molar-refractivity contribution in [3.63, 3.8) is 0 Å². The van der Waals surface area contributed by atoms with Crippen LogP contribution in [0.4, 0.5) is 4.79 Å². The molecule has 104 valence electrons. The van der Waals surface area contributed by atoms with Gasteiger partial charge >= 0.3 is 6.03 Å². The fourth-order valence-electron chi connectivity index (χ4n) is 2.52. The van der Waals surface area contributed by atoms with E-state index in [1.54, 1.807) is 18.5 Å². The lowest BCUT2D eigenvalue weighted by Gasteiger charge is -2.27. The smallest absolute Gasteiger partial charge is 0.304 e. The lowest BCUT2D eigenvalue weighted by molar-refractivity contribution is -0.125. The van der Waals surface area contributed by atoms with E-state index in [1.165, 1.54) is 4.90 Å². The molecule has 3 amide bonds. The Bertz CT molecular complexity index is 717. The molecule has 2 heterocycles. The summed E-state index contributed by atoms with van der Waals surface area (Å²) in [5.74, 6) is -0.275. The van der Waals surface area contributed by atoms with Crippen LogP contribution in [0.2, 0.25) is 0 Å². The van der Waals surface area contributed by atoms with Gasteiger partial charge in [-0.1, -0.05) is 18.2 Å². The summed E-state index contributed by atoms with van der Waals surface area (Å²) in [6.07, 6.45) is 0. The quantitative estimate of drug-likeness (QED) is 0.840. The molecule has 3 rings (SSSR count). The highest BCUT2D eigenvalue weighted by atomic mass is 16.2. The summed E-state index contributed by atoms with van der Waals surface area (Å²) in [5.41, 5.74) is 0.947. The van der Waals surface area contributed by atoms with Crippen molar-refractivity contribution in [1.29, 1.82) is 0 Å². The number of imide groups is 1. The van der Waals surface area contributed by atoms with Crippen molar-refractivity contribution in [1.82, 2.24) is 20.0 Å². The van der Waals surface area contributed by atoms with E-state index in [9.17, 15) is 9.59 Å². The first-order chi connectivity index (χ1) is 9.41. The number of para-hydroxylation sites is 1. The molecule has 20 heavy (non-hydrogen) atoms. The third-order valence-corrected chi connectivity index (χ3v) is 3.84. The highest BCUT2D eigenvalue weighted by molar-refractivity contribution is 6.06. The van der Waals surface area contributed by atoms with Gasteiger partial charge in [-0.15, -0.1) is 0 Å². The predicted octanol–water partition coefficient (Wildman–Crippen LogP) is 1.40. The van der Waals surface area contributed by atoms with Crippen LogP contribution in [0, 0.1) is 0 Å². The molecule has 1 aliphatic heterocycles. The Labute approximate surface area is 116 Å². The van der Waals surface area contributed by atoms with E-state index in [0.717, 1.165) is 16.6 Å². The Morgan fingerprint density at radius 1 is 1.25 bits per heavy atom. The molecule has 0 bridgehead atoms. The van der Waals surface area contributed by atoms with Gasteiger partial charge in [-0.2, -0.15) is 5.10 Å². The molecule has 0 aliphatic carbocycles. The topological polar surface area (TPSA) is 67.2 Å². The fraction of sp³-hybridized carbons (Fsp3) is 0.357. The predicted molar refractivity (Wildman–Crippen MR) is 73.9 cm³/mol. The van der Waals surface area contributed by atoms with Gasteiger partial charge in [0.05, 0.1) is 17.8 Å². The SMILES string of the molecule is Cn1nc(CN2C(=O)NC(=O)C2(C)C)c2ccccc21. The molecule has 1 aromatic heterocycles. The molecular weight excluding hydrogens is 256 g/mol. The number of aromatic nitrogens is 2. The van der Waals surface area contributed by atoms with E-state index >= 15 is 0 Å². The van der Waals surface area contributed by atoms with Crippen molar-refractivity contribution in [3.8, 4) is 0 Å². The average molecular weight is 272 g/mol. The highest BCUT2D eigenvalue weighted by Crippen LogP contribution is 2.26. The summed E-state index contributed by atoms with van der Waals surface area (Å²) < 4.78 is 1.79. The molecule has 1 fully saturated rings. The van der Waals surface area contributed by atoms with Crippen molar-refractivity contribution in [2.24, 2.45) is 7.05 Å². The maximum atomic E-state index is 11.9. The molecule has 0 atom stereocenters. The summed E-state index contributed by atoms with van der Waals surface area (Å²) >= 11 is 0. The Morgan fingerprint density at radius 3 is 2.60 bits per heavy atom. The van der Waals surface area contributed by atoms with Crippen LogP contribution in [0.5, 0.6) is 0 Å². The first-order valence-corrected chi connectivity index (χ1v) is 6.45. The molecule has 1 saturated heterocycles. The minimum Gasteiger partial charge on any atom is -0.304 e. The molecule has 0 saturated carbocycles. The lowest BCUT2D eigenvalue weighted by Crippen LogP contribution is -2.43. The van der Waals surface area contributed by atoms with E-state index in [4.69, 9.17) is 0 Å². The minimum absolute atomic E-state index is 0.275. The first kappa shape index (κ1) is 12.7. The standard InChI is InChI=1S/C14H16N4O2/c1-14(2)12(19)15-13(20)18(14)8-10-9-6-4-5-7-11(9)17(3)16-10/h4-7H,8H2,1-3H3,(H,15,19,20). The summed E-state index contributed by atoms with van der Waals surface area (Å²) in [6, 6.07) is 7.47. The number of urea groups is 1. The van der Waals surface area contributed by atoms with Gasteiger partial charge < -0.3 is 4.90 Å². The zero-order chi connectivity index (χ0) is 14.5. The zero-order valence-electron chi connectivity index (χ0n) is 11.7. The van der Waals surface area contributed by atoms with E-state index in [0.29, 0.717) is 6.54 Å². The normalized spacial score (nSPS) is 17.9. The van der Waals surface area contributed by atoms with Gasteiger partial charge in [-0.25, -0.2) is 4.79 Å². The first-order valence-electron chi connectivity index (χ1n) is 6.45. The van der Waals surface area contributed by atoms with Crippen LogP contribution in [0.25, 0.3) is 10.9 Å². The van der Waals surface area contributed by atoms with Crippen LogP contribution in [0.3, 0.4) is 0 Å². The number of aryl methyl sites for hydroxylation is 1. The second kappa shape index (κ2) is 4.06. The van der Waals surface area contributed by atoms with Crippen LogP contribution in [-0.4, -0.2) is 32.2 Å². The minimum atomic E-state index is -0.851. The summed E-state index contributed by atoms with van der Waals surface area (Å²) in [5, 5.41) is 7.81. The van der Waals surface area contributed by atoms with Crippen LogP contribution < -0.4 is 5.32 Å². The Balaban J connectivity index is 2.02. The van der Waals surface area contributed by atoms with Crippen LogP contribution in [0.1, 0.15) is 19.5 Å². The number of nitrogens with zero attached hydrogens (tertiary/aromatic N) is 3. The molecule has 2 aromatic rings. The molecule has 1 aromatic carbocycles. The van der Waals surface area contributed by atoms with Crippen LogP contribution >= 0.6 is 0 Å². The van der Waals surface area contributed by atoms with Crippen molar-refractivity contribution < 1.29 is 9.59 Å². The molecule has 0 spiro atoms. The number of hydrogen-bond donors (Lipinski definition) is 1. The summed E-state index contributed by atoms with van der Waals surface area (Å²) in [6.45, 7) is 3.78. The maximum Gasteiger partial charge on any atom is 0.325 e. The van der Waals surface area contributed by atoms with Gasteiger partial charge in [0.25, 0.3) is 5.91 Å². The van der Waals surface area contributed by atoms with Gasteiger partial charge in [-0.05, 0) is 19.9 Å². The van der Waals surface area contributed by atoms with Crippen LogP contribution in [-0.2, 0) is 18.4 Å². The number of amides is 3. The summed E-state index contributed by atoms with van der Waals surface area (Å²) in [4.78, 5) is 25.2. The van der Waals surface area contributed by atoms with Gasteiger partial charge in [0.2, 0.25) is 0 Å². The molecule has 6 heteroatoms. The van der Waals surface area contributed by atoms with Gasteiger partial charge in [-0.3, -0.25) is 14.8 Å². The Morgan fingerprint density at radius 2 is 1.95 bits per heavy atom. The molecule has 1 N–H and O–H groups in total. The van der Waals surface area contributed by atoms with Crippen molar-refractivity contribution in [3.05, 3.63) is 30.0 Å². The largest absolute Gasteiger partial charge is 0.325 e. The maximum absolute atomic E-state index is 11.9. The second-order valence-corrected chi connectivity index (χ2v) is 5.49. The Kier molecular flexibility index (Phi) is 2.57. The van der Waals surface area contributed by atoms with Crippen molar-refractivity contribution in [2.45, 2.75) is 25.9 Å². The number of carbonyl (C=O) groups excluding carboxylic acids is 2.